The lowest BCUT2D eigenvalue weighted by atomic mass is 9.84. The molecule has 0 saturated carbocycles. The third-order valence-corrected chi connectivity index (χ3v) is 8.97. The van der Waals surface area contributed by atoms with Crippen LogP contribution in [-0.2, 0) is 4.79 Å². The Kier molecular flexibility index (Phi) is 8.38. The first-order chi connectivity index (χ1) is 21.6. The lowest BCUT2D eigenvalue weighted by molar-refractivity contribution is -0.135. The van der Waals surface area contributed by atoms with Crippen LogP contribution in [0.2, 0.25) is 0 Å². The van der Waals surface area contributed by atoms with Crippen LogP contribution >= 0.6 is 0 Å². The number of fused-ring (bicyclic) bond motifs is 1. The van der Waals surface area contributed by atoms with Crippen LogP contribution in [0.4, 0.5) is 20.3 Å². The van der Waals surface area contributed by atoms with Crippen molar-refractivity contribution in [3.63, 3.8) is 0 Å². The Morgan fingerprint density at radius 2 is 1.71 bits per heavy atom. The number of nitrogens with two attached hydrogens (primary N) is 1. The average molecular weight is 619 g/mol. The standard InChI is InChI=1S/C32H36F2N8O3/c1-21-19-23(38-27-28-37-20-26(42(28)14-11-36-27)22-3-6-24(7-4-22)45-31(33)34)5-8-25(21)29(43)40-12-9-32(10-13-40,30(35)44)41-17-15-39(2)16-18-41/h3-8,11,14,19-20,31H,9-10,12-13,15-18H2,1-2H3,(H2,35,44)(H,36,38). The van der Waals surface area contributed by atoms with Crippen LogP contribution in [0.25, 0.3) is 16.9 Å². The molecular weight excluding hydrogens is 582 g/mol. The Balaban J connectivity index is 1.14. The number of nitrogens with zero attached hydrogens (tertiary/aromatic N) is 6. The molecule has 2 amide bonds. The Labute approximate surface area is 259 Å². The minimum absolute atomic E-state index is 0.0707. The van der Waals surface area contributed by atoms with Crippen molar-refractivity contribution in [2.75, 3.05) is 51.6 Å². The van der Waals surface area contributed by atoms with Crippen molar-refractivity contribution in [2.24, 2.45) is 5.73 Å². The molecule has 11 nitrogen and oxygen atoms in total. The number of primary amides is 1. The maximum Gasteiger partial charge on any atom is 0.387 e. The summed E-state index contributed by atoms with van der Waals surface area (Å²) in [6.45, 7) is 3.28. The number of halogens is 2. The zero-order valence-electron chi connectivity index (χ0n) is 25.2. The maximum absolute atomic E-state index is 13.6. The summed E-state index contributed by atoms with van der Waals surface area (Å²) in [7, 11) is 2.07. The third-order valence-electron chi connectivity index (χ3n) is 8.97. The number of benzene rings is 2. The Morgan fingerprint density at radius 3 is 2.36 bits per heavy atom. The lowest BCUT2D eigenvalue weighted by Gasteiger charge is -2.49. The minimum Gasteiger partial charge on any atom is -0.435 e. The molecule has 0 unspecified atom stereocenters. The average Bonchev–Trinajstić information content (AvgIpc) is 3.46. The molecular formula is C32H36F2N8O3. The maximum atomic E-state index is 13.6. The van der Waals surface area contributed by atoms with Crippen LogP contribution in [0, 0.1) is 6.92 Å². The van der Waals surface area contributed by atoms with Gasteiger partial charge in [-0.05, 0) is 74.8 Å². The second-order valence-corrected chi connectivity index (χ2v) is 11.6. The molecule has 2 aliphatic heterocycles. The zero-order valence-corrected chi connectivity index (χ0v) is 25.2. The summed E-state index contributed by atoms with van der Waals surface area (Å²) < 4.78 is 31.4. The number of piperidine rings is 1. The lowest BCUT2D eigenvalue weighted by Crippen LogP contribution is -2.66. The summed E-state index contributed by atoms with van der Waals surface area (Å²) in [6.07, 6.45) is 6.14. The van der Waals surface area contributed by atoms with Gasteiger partial charge in [0.1, 0.15) is 11.3 Å². The van der Waals surface area contributed by atoms with Gasteiger partial charge in [0.2, 0.25) is 5.91 Å². The molecule has 0 radical (unpaired) electrons. The molecule has 13 heteroatoms. The number of nitrogens with one attached hydrogen (secondary N) is 1. The largest absolute Gasteiger partial charge is 0.435 e. The highest BCUT2D eigenvalue weighted by Gasteiger charge is 2.46. The van der Waals surface area contributed by atoms with E-state index < -0.39 is 12.2 Å². The van der Waals surface area contributed by atoms with Gasteiger partial charge in [0, 0.05) is 68.5 Å². The van der Waals surface area contributed by atoms with Crippen LogP contribution in [0.15, 0.2) is 61.1 Å². The molecule has 0 bridgehead atoms. The molecule has 6 rings (SSSR count). The predicted octanol–water partition coefficient (Wildman–Crippen LogP) is 3.76. The van der Waals surface area contributed by atoms with Crippen molar-refractivity contribution in [2.45, 2.75) is 31.9 Å². The number of anilines is 2. The molecule has 4 aromatic rings. The molecule has 45 heavy (non-hydrogen) atoms. The van der Waals surface area contributed by atoms with Gasteiger partial charge in [0.25, 0.3) is 5.91 Å². The van der Waals surface area contributed by atoms with Crippen LogP contribution in [0.5, 0.6) is 5.75 Å². The summed E-state index contributed by atoms with van der Waals surface area (Å²) in [5.74, 6) is 0.214. The van der Waals surface area contributed by atoms with E-state index in [0.717, 1.165) is 48.7 Å². The van der Waals surface area contributed by atoms with Crippen LogP contribution in [-0.4, -0.2) is 99.3 Å². The number of rotatable bonds is 8. The van der Waals surface area contributed by atoms with E-state index in [1.165, 1.54) is 12.1 Å². The summed E-state index contributed by atoms with van der Waals surface area (Å²) in [6, 6.07) is 11.9. The van der Waals surface area contributed by atoms with Gasteiger partial charge in [0.15, 0.2) is 11.5 Å². The van der Waals surface area contributed by atoms with Gasteiger partial charge in [-0.2, -0.15) is 8.78 Å². The molecule has 0 atom stereocenters. The van der Waals surface area contributed by atoms with E-state index in [1.807, 2.05) is 28.4 Å². The number of aromatic nitrogens is 3. The Morgan fingerprint density at radius 1 is 1.00 bits per heavy atom. The quantitative estimate of drug-likeness (QED) is 0.306. The first-order valence-corrected chi connectivity index (χ1v) is 14.9. The van der Waals surface area contributed by atoms with Crippen LogP contribution < -0.4 is 15.8 Å². The highest BCUT2D eigenvalue weighted by molar-refractivity contribution is 5.96. The van der Waals surface area contributed by atoms with E-state index in [0.29, 0.717) is 43.0 Å². The second kappa shape index (κ2) is 12.4. The van der Waals surface area contributed by atoms with Crippen LogP contribution in [0.1, 0.15) is 28.8 Å². The highest BCUT2D eigenvalue weighted by atomic mass is 19.3. The summed E-state index contributed by atoms with van der Waals surface area (Å²) in [4.78, 5) is 41.5. The molecule has 2 saturated heterocycles. The molecule has 2 fully saturated rings. The van der Waals surface area contributed by atoms with Crippen molar-refractivity contribution in [1.82, 2.24) is 29.1 Å². The van der Waals surface area contributed by atoms with Gasteiger partial charge in [-0.25, -0.2) is 9.97 Å². The second-order valence-electron chi connectivity index (χ2n) is 11.6. The van der Waals surface area contributed by atoms with Gasteiger partial charge < -0.3 is 25.6 Å². The molecule has 2 aromatic carbocycles. The Bertz CT molecular complexity index is 1690. The van der Waals surface area contributed by atoms with E-state index in [1.54, 1.807) is 36.8 Å². The summed E-state index contributed by atoms with van der Waals surface area (Å²) in [5.41, 5.74) is 9.47. The number of carbonyl (C=O) groups is 2. The van der Waals surface area contributed by atoms with Gasteiger partial charge in [-0.3, -0.25) is 18.9 Å². The van der Waals surface area contributed by atoms with Gasteiger partial charge in [0.05, 0.1) is 11.9 Å². The topological polar surface area (TPSA) is 121 Å². The molecule has 2 aromatic heterocycles. The zero-order chi connectivity index (χ0) is 31.7. The minimum atomic E-state index is -2.89. The van der Waals surface area contributed by atoms with Crippen molar-refractivity contribution >= 4 is 29.0 Å². The van der Waals surface area contributed by atoms with E-state index >= 15 is 0 Å². The molecule has 2 aliphatic rings. The first kappa shape index (κ1) is 30.4. The van der Waals surface area contributed by atoms with Crippen molar-refractivity contribution in [3.8, 4) is 17.0 Å². The van der Waals surface area contributed by atoms with Crippen molar-refractivity contribution in [1.29, 1.82) is 0 Å². The van der Waals surface area contributed by atoms with E-state index in [2.05, 4.69) is 36.9 Å². The van der Waals surface area contributed by atoms with Gasteiger partial charge in [-0.1, -0.05) is 0 Å². The molecule has 4 heterocycles. The number of likely N-dealkylation sites (N-methyl/N-ethyl adjacent to an activating group) is 1. The number of alkyl halides is 2. The van der Waals surface area contributed by atoms with Gasteiger partial charge in [-0.15, -0.1) is 0 Å². The Hall–Kier alpha value is -4.62. The van der Waals surface area contributed by atoms with E-state index in [-0.39, 0.29) is 17.6 Å². The molecule has 236 valence electrons. The number of amides is 2. The number of aryl methyl sites for hydroxylation is 1. The SMILES string of the molecule is Cc1cc(Nc2nccn3c(-c4ccc(OC(F)F)cc4)cnc23)ccc1C(=O)N1CCC(C(N)=O)(N2CCN(C)CC2)CC1. The molecule has 0 spiro atoms. The van der Waals surface area contributed by atoms with Crippen molar-refractivity contribution in [3.05, 3.63) is 72.2 Å². The van der Waals surface area contributed by atoms with E-state index in [4.69, 9.17) is 5.73 Å². The number of hydrogen-bond donors (Lipinski definition) is 2. The number of piperazine rings is 1. The number of ether oxygens (including phenoxy) is 1. The summed E-state index contributed by atoms with van der Waals surface area (Å²) in [5, 5.41) is 3.31. The number of carbonyl (C=O) groups excluding carboxylic acids is 2. The fourth-order valence-corrected chi connectivity index (χ4v) is 6.35. The molecule has 0 aliphatic carbocycles. The van der Waals surface area contributed by atoms with E-state index in [9.17, 15) is 18.4 Å². The first-order valence-electron chi connectivity index (χ1n) is 14.9. The normalized spacial score (nSPS) is 17.5. The monoisotopic (exact) mass is 618 g/mol. The van der Waals surface area contributed by atoms with Crippen molar-refractivity contribution < 1.29 is 23.1 Å². The number of imidazole rings is 1. The summed E-state index contributed by atoms with van der Waals surface area (Å²) >= 11 is 0. The molecule has 3 N–H and O–H groups in total. The highest BCUT2D eigenvalue weighted by Crippen LogP contribution is 2.32. The fourth-order valence-electron chi connectivity index (χ4n) is 6.35. The van der Waals surface area contributed by atoms with Gasteiger partial charge >= 0.3 is 6.61 Å². The van der Waals surface area contributed by atoms with Crippen LogP contribution in [0.3, 0.4) is 0 Å². The number of likely N-dealkylation sites (tertiary alicyclic amines) is 1. The predicted molar refractivity (Wildman–Crippen MR) is 166 cm³/mol. The number of hydrogen-bond acceptors (Lipinski definition) is 8. The smallest absolute Gasteiger partial charge is 0.387 e. The third kappa shape index (κ3) is 6.05. The fraction of sp³-hybridized carbons (Fsp3) is 0.375.